The van der Waals surface area contributed by atoms with Crippen LogP contribution in [0.2, 0.25) is 0 Å². The van der Waals surface area contributed by atoms with Gasteiger partial charge < -0.3 is 9.72 Å². The van der Waals surface area contributed by atoms with Gasteiger partial charge in [-0.3, -0.25) is 4.79 Å². The monoisotopic (exact) mass is 325 g/mol. The lowest BCUT2D eigenvalue weighted by atomic mass is 10.0. The third kappa shape index (κ3) is 2.02. The third-order valence-corrected chi connectivity index (χ3v) is 4.86. The molecule has 1 aromatic heterocycles. The Hall–Kier alpha value is -3.33. The van der Waals surface area contributed by atoms with Crippen LogP contribution in [0.15, 0.2) is 71.5 Å². The number of benzene rings is 4. The molecule has 0 amide bonds. The Morgan fingerprint density at radius 3 is 2.32 bits per heavy atom. The number of hydrogen-bond donors (Lipinski definition) is 1. The second-order valence-electron chi connectivity index (χ2n) is 6.27. The summed E-state index contributed by atoms with van der Waals surface area (Å²) in [7, 11) is 1.64. The van der Waals surface area contributed by atoms with Crippen LogP contribution in [0, 0.1) is 0 Å². The molecule has 0 fully saturated rings. The molecule has 0 atom stereocenters. The van der Waals surface area contributed by atoms with Gasteiger partial charge in [-0.1, -0.05) is 36.4 Å². The second-order valence-corrected chi connectivity index (χ2v) is 6.27. The van der Waals surface area contributed by atoms with Crippen molar-refractivity contribution < 1.29 is 4.74 Å². The topological polar surface area (TPSA) is 42.1 Å². The summed E-state index contributed by atoms with van der Waals surface area (Å²) in [6.45, 7) is 0. The van der Waals surface area contributed by atoms with E-state index in [-0.39, 0.29) is 5.43 Å². The van der Waals surface area contributed by atoms with Crippen LogP contribution in [0.3, 0.4) is 0 Å². The van der Waals surface area contributed by atoms with Gasteiger partial charge in [0.05, 0.1) is 23.5 Å². The molecule has 25 heavy (non-hydrogen) atoms. The van der Waals surface area contributed by atoms with E-state index in [2.05, 4.69) is 11.1 Å². The van der Waals surface area contributed by atoms with E-state index in [0.717, 1.165) is 38.3 Å². The van der Waals surface area contributed by atoms with E-state index in [0.29, 0.717) is 10.8 Å². The maximum absolute atomic E-state index is 13.3. The number of methoxy groups -OCH3 is 1. The van der Waals surface area contributed by atoms with Gasteiger partial charge in [-0.15, -0.1) is 0 Å². The molecule has 0 aliphatic heterocycles. The van der Waals surface area contributed by atoms with Crippen LogP contribution in [0.5, 0.6) is 5.75 Å². The van der Waals surface area contributed by atoms with Gasteiger partial charge in [0.15, 0.2) is 5.43 Å². The lowest BCUT2D eigenvalue weighted by Crippen LogP contribution is -2.05. The number of pyridine rings is 1. The fourth-order valence-electron chi connectivity index (χ4n) is 3.59. The summed E-state index contributed by atoms with van der Waals surface area (Å²) in [6, 6.07) is 21.9. The van der Waals surface area contributed by atoms with Gasteiger partial charge in [0.2, 0.25) is 0 Å². The smallest absolute Gasteiger partial charge is 0.197 e. The molecule has 5 aromatic rings. The lowest BCUT2D eigenvalue weighted by molar-refractivity contribution is 0.415. The molecule has 1 heterocycles. The van der Waals surface area contributed by atoms with E-state index >= 15 is 0 Å². The molecule has 1 N–H and O–H groups in total. The van der Waals surface area contributed by atoms with Gasteiger partial charge in [0.25, 0.3) is 0 Å². The number of rotatable bonds is 1. The minimum absolute atomic E-state index is 0.0494. The van der Waals surface area contributed by atoms with E-state index in [1.165, 1.54) is 0 Å². The number of aromatic amines is 1. The minimum Gasteiger partial charge on any atom is -0.497 e. The van der Waals surface area contributed by atoms with E-state index < -0.39 is 0 Å². The molecule has 3 nitrogen and oxygen atoms in total. The summed E-state index contributed by atoms with van der Waals surface area (Å²) in [5.74, 6) is 0.748. The van der Waals surface area contributed by atoms with Gasteiger partial charge >= 0.3 is 0 Å². The van der Waals surface area contributed by atoms with E-state index in [1.54, 1.807) is 7.11 Å². The number of hydrogen-bond acceptors (Lipinski definition) is 2. The summed E-state index contributed by atoms with van der Waals surface area (Å²) < 4.78 is 5.34. The first-order chi connectivity index (χ1) is 12.2. The minimum atomic E-state index is 0.0494. The molecule has 0 unspecified atom stereocenters. The van der Waals surface area contributed by atoms with E-state index in [9.17, 15) is 4.79 Å². The Bertz CT molecular complexity index is 1350. The van der Waals surface area contributed by atoms with Crippen LogP contribution in [0.25, 0.3) is 43.4 Å². The van der Waals surface area contributed by atoms with Crippen molar-refractivity contribution in [2.24, 2.45) is 0 Å². The molecule has 0 saturated carbocycles. The second kappa shape index (κ2) is 5.08. The molecule has 0 radical (unpaired) electrons. The first-order valence-electron chi connectivity index (χ1n) is 8.20. The number of fused-ring (bicyclic) bond motifs is 5. The predicted octanol–water partition coefficient (Wildman–Crippen LogP) is 5.00. The van der Waals surface area contributed by atoms with Crippen molar-refractivity contribution in [1.29, 1.82) is 0 Å². The molecule has 4 aromatic carbocycles. The van der Waals surface area contributed by atoms with Crippen molar-refractivity contribution in [3.63, 3.8) is 0 Å². The molecular formula is C22H15NO2. The first kappa shape index (κ1) is 14.1. The third-order valence-electron chi connectivity index (χ3n) is 4.86. The highest BCUT2D eigenvalue weighted by molar-refractivity contribution is 6.11. The molecule has 0 spiro atoms. The van der Waals surface area contributed by atoms with Gasteiger partial charge in [-0.2, -0.15) is 0 Å². The van der Waals surface area contributed by atoms with Crippen LogP contribution >= 0.6 is 0 Å². The normalized spacial score (nSPS) is 11.6. The Morgan fingerprint density at radius 1 is 0.760 bits per heavy atom. The number of aromatic nitrogens is 1. The average Bonchev–Trinajstić information content (AvgIpc) is 2.66. The standard InChI is InChI=1S/C22H15NO2/c1-25-16-8-6-13-7-9-19-21(17(13)12-16)22(24)18-10-14-4-2-3-5-15(14)11-20(18)23-19/h2-12H,1H3,(H,23,24). The number of nitrogens with one attached hydrogen (secondary N) is 1. The summed E-state index contributed by atoms with van der Waals surface area (Å²) >= 11 is 0. The van der Waals surface area contributed by atoms with Crippen molar-refractivity contribution in [2.75, 3.05) is 7.11 Å². The number of ether oxygens (including phenoxy) is 1. The maximum atomic E-state index is 13.3. The number of H-pyrrole nitrogens is 1. The van der Waals surface area contributed by atoms with Crippen molar-refractivity contribution in [2.45, 2.75) is 0 Å². The van der Waals surface area contributed by atoms with Crippen LogP contribution in [0.4, 0.5) is 0 Å². The van der Waals surface area contributed by atoms with Crippen molar-refractivity contribution in [1.82, 2.24) is 4.98 Å². The van der Waals surface area contributed by atoms with Crippen molar-refractivity contribution in [3.05, 3.63) is 77.0 Å². The largest absolute Gasteiger partial charge is 0.497 e. The summed E-state index contributed by atoms with van der Waals surface area (Å²) in [6.07, 6.45) is 0. The Kier molecular flexibility index (Phi) is 2.86. The van der Waals surface area contributed by atoms with Gasteiger partial charge in [0, 0.05) is 5.39 Å². The Balaban J connectivity index is 2.01. The van der Waals surface area contributed by atoms with Gasteiger partial charge in [-0.25, -0.2) is 0 Å². The van der Waals surface area contributed by atoms with Gasteiger partial charge in [-0.05, 0) is 51.9 Å². The molecule has 3 heteroatoms. The quantitative estimate of drug-likeness (QED) is 0.348. The van der Waals surface area contributed by atoms with Crippen molar-refractivity contribution in [3.8, 4) is 5.75 Å². The Morgan fingerprint density at radius 2 is 1.52 bits per heavy atom. The van der Waals surface area contributed by atoms with Crippen LogP contribution in [-0.2, 0) is 0 Å². The lowest BCUT2D eigenvalue weighted by Gasteiger charge is -2.09. The molecular weight excluding hydrogens is 310 g/mol. The molecule has 0 bridgehead atoms. The molecule has 0 saturated heterocycles. The highest BCUT2D eigenvalue weighted by atomic mass is 16.5. The Labute approximate surface area is 143 Å². The zero-order chi connectivity index (χ0) is 17.0. The molecule has 5 rings (SSSR count). The van der Waals surface area contributed by atoms with Crippen molar-refractivity contribution >= 4 is 43.4 Å². The first-order valence-corrected chi connectivity index (χ1v) is 8.20. The fraction of sp³-hybridized carbons (Fsp3) is 0.0455. The van der Waals surface area contributed by atoms with Gasteiger partial charge in [0.1, 0.15) is 5.75 Å². The zero-order valence-corrected chi connectivity index (χ0v) is 13.7. The summed E-state index contributed by atoms with van der Waals surface area (Å²) in [5, 5.41) is 5.54. The highest BCUT2D eigenvalue weighted by Gasteiger charge is 2.10. The zero-order valence-electron chi connectivity index (χ0n) is 13.7. The van der Waals surface area contributed by atoms with E-state index in [4.69, 9.17) is 4.74 Å². The highest BCUT2D eigenvalue weighted by Crippen LogP contribution is 2.28. The van der Waals surface area contributed by atoms with E-state index in [1.807, 2.05) is 60.7 Å². The summed E-state index contributed by atoms with van der Waals surface area (Å²) in [5.41, 5.74) is 1.75. The average molecular weight is 325 g/mol. The SMILES string of the molecule is COc1ccc2ccc3[nH]c4cc5ccccc5cc4c(=O)c3c2c1. The molecule has 0 aliphatic carbocycles. The predicted molar refractivity (Wildman–Crippen MR) is 104 cm³/mol. The van der Waals surface area contributed by atoms with Crippen LogP contribution in [0.1, 0.15) is 0 Å². The summed E-state index contributed by atoms with van der Waals surface area (Å²) in [4.78, 5) is 16.7. The van der Waals surface area contributed by atoms with Crippen LogP contribution in [-0.4, -0.2) is 12.1 Å². The molecule has 120 valence electrons. The molecule has 0 aliphatic rings. The fourth-order valence-corrected chi connectivity index (χ4v) is 3.59. The van der Waals surface area contributed by atoms with Crippen LogP contribution < -0.4 is 10.2 Å². The maximum Gasteiger partial charge on any atom is 0.197 e.